The number of carboxylic acid groups (broad SMARTS) is 1. The maximum Gasteiger partial charge on any atom is 0.407 e. The highest BCUT2D eigenvalue weighted by molar-refractivity contribution is 7.98. The molecule has 34 heavy (non-hydrogen) atoms. The van der Waals surface area contributed by atoms with Crippen molar-refractivity contribution in [2.45, 2.75) is 44.7 Å². The Hall–Kier alpha value is -3.00. The highest BCUT2D eigenvalue weighted by atomic mass is 32.2. The van der Waals surface area contributed by atoms with E-state index in [1.54, 1.807) is 18.7 Å². The van der Waals surface area contributed by atoms with Crippen molar-refractivity contribution in [1.82, 2.24) is 10.6 Å². The van der Waals surface area contributed by atoms with Crippen LogP contribution >= 0.6 is 11.8 Å². The Morgan fingerprint density at radius 3 is 2.15 bits per heavy atom. The fourth-order valence-electron chi connectivity index (χ4n) is 4.22. The second kappa shape index (κ2) is 11.9. The minimum absolute atomic E-state index is 0.0848. The maximum atomic E-state index is 12.9. The summed E-state index contributed by atoms with van der Waals surface area (Å²) in [5, 5.41) is 14.7. The normalized spacial score (nSPS) is 14.9. The van der Waals surface area contributed by atoms with Gasteiger partial charge < -0.3 is 20.5 Å². The Morgan fingerprint density at radius 2 is 1.62 bits per heavy atom. The van der Waals surface area contributed by atoms with Crippen LogP contribution in [-0.2, 0) is 14.3 Å². The minimum atomic E-state index is -1.09. The molecule has 0 radical (unpaired) electrons. The van der Waals surface area contributed by atoms with Crippen molar-refractivity contribution in [3.05, 3.63) is 59.7 Å². The average Bonchev–Trinajstić information content (AvgIpc) is 3.16. The fourth-order valence-corrected chi connectivity index (χ4v) is 4.70. The lowest BCUT2D eigenvalue weighted by atomic mass is 9.98. The van der Waals surface area contributed by atoms with Crippen LogP contribution in [0, 0.1) is 5.92 Å². The second-order valence-electron chi connectivity index (χ2n) is 8.51. The first-order valence-corrected chi connectivity index (χ1v) is 12.9. The van der Waals surface area contributed by atoms with E-state index in [1.165, 1.54) is 0 Å². The monoisotopic (exact) mass is 484 g/mol. The molecule has 8 heteroatoms. The van der Waals surface area contributed by atoms with E-state index in [9.17, 15) is 19.5 Å². The van der Waals surface area contributed by atoms with Crippen LogP contribution in [0.25, 0.3) is 11.1 Å². The van der Waals surface area contributed by atoms with Gasteiger partial charge in [-0.05, 0) is 46.6 Å². The molecular formula is C26H32N2O5S. The minimum Gasteiger partial charge on any atom is -0.480 e. The number of carboxylic acids is 1. The number of hydrogen-bond donors (Lipinski definition) is 3. The number of carbonyl (C=O) groups excluding carboxylic acids is 2. The van der Waals surface area contributed by atoms with Gasteiger partial charge in [-0.15, -0.1) is 0 Å². The lowest BCUT2D eigenvalue weighted by Gasteiger charge is -2.24. The molecule has 3 atom stereocenters. The Labute approximate surface area is 204 Å². The zero-order valence-corrected chi connectivity index (χ0v) is 20.6. The van der Waals surface area contributed by atoms with Gasteiger partial charge in [-0.3, -0.25) is 4.79 Å². The van der Waals surface area contributed by atoms with Crippen molar-refractivity contribution in [2.24, 2.45) is 5.92 Å². The van der Waals surface area contributed by atoms with Crippen molar-refractivity contribution in [2.75, 3.05) is 18.6 Å². The van der Waals surface area contributed by atoms with Crippen LogP contribution in [0.1, 0.15) is 43.7 Å². The van der Waals surface area contributed by atoms with Gasteiger partial charge in [-0.25, -0.2) is 9.59 Å². The first kappa shape index (κ1) is 25.6. The van der Waals surface area contributed by atoms with Crippen LogP contribution in [-0.4, -0.2) is 53.8 Å². The summed E-state index contributed by atoms with van der Waals surface area (Å²) in [6, 6.07) is 14.2. The molecule has 182 valence electrons. The number of fused-ring (bicyclic) bond motifs is 3. The molecule has 3 rings (SSSR count). The summed E-state index contributed by atoms with van der Waals surface area (Å²) in [5.74, 6) is -1.30. The molecule has 1 aliphatic carbocycles. The van der Waals surface area contributed by atoms with Gasteiger partial charge in [-0.2, -0.15) is 11.8 Å². The quantitative estimate of drug-likeness (QED) is 0.440. The Morgan fingerprint density at radius 1 is 1.03 bits per heavy atom. The number of hydrogen-bond acceptors (Lipinski definition) is 5. The Balaban J connectivity index is 1.66. The summed E-state index contributed by atoms with van der Waals surface area (Å²) >= 11 is 1.54. The van der Waals surface area contributed by atoms with Crippen LogP contribution < -0.4 is 10.6 Å². The molecule has 0 bridgehead atoms. The van der Waals surface area contributed by atoms with Gasteiger partial charge in [0, 0.05) is 5.92 Å². The number of rotatable bonds is 11. The highest BCUT2D eigenvalue weighted by Crippen LogP contribution is 2.44. The van der Waals surface area contributed by atoms with Crippen LogP contribution in [0.2, 0.25) is 0 Å². The van der Waals surface area contributed by atoms with E-state index in [2.05, 4.69) is 22.8 Å². The smallest absolute Gasteiger partial charge is 0.407 e. The molecule has 3 N–H and O–H groups in total. The lowest BCUT2D eigenvalue weighted by Crippen LogP contribution is -2.53. The summed E-state index contributed by atoms with van der Waals surface area (Å²) in [4.78, 5) is 37.1. The zero-order valence-electron chi connectivity index (χ0n) is 19.7. The van der Waals surface area contributed by atoms with E-state index >= 15 is 0 Å². The average molecular weight is 485 g/mol. The summed E-state index contributed by atoms with van der Waals surface area (Å²) in [7, 11) is 0. The molecule has 0 aromatic heterocycles. The van der Waals surface area contributed by atoms with Gasteiger partial charge in [0.25, 0.3) is 0 Å². The molecule has 0 heterocycles. The number of alkyl carbamates (subject to hydrolysis) is 1. The summed E-state index contributed by atoms with van der Waals surface area (Å²) in [5.41, 5.74) is 4.47. The van der Waals surface area contributed by atoms with Crippen LogP contribution in [0.15, 0.2) is 48.5 Å². The van der Waals surface area contributed by atoms with E-state index in [1.807, 2.05) is 49.6 Å². The van der Waals surface area contributed by atoms with Crippen molar-refractivity contribution >= 4 is 29.7 Å². The van der Waals surface area contributed by atoms with E-state index in [0.717, 1.165) is 22.3 Å². The molecule has 0 saturated carbocycles. The summed E-state index contributed by atoms with van der Waals surface area (Å²) in [6.07, 6.45) is 2.18. The molecule has 1 unspecified atom stereocenters. The summed E-state index contributed by atoms with van der Waals surface area (Å²) in [6.45, 7) is 3.78. The van der Waals surface area contributed by atoms with Gasteiger partial charge in [-0.1, -0.05) is 68.8 Å². The van der Waals surface area contributed by atoms with Gasteiger partial charge >= 0.3 is 12.1 Å². The largest absolute Gasteiger partial charge is 0.480 e. The standard InChI is InChI=1S/C26H32N2O5S/c1-4-16(2)23(25(30)31)28-24(29)22(13-14-34-3)27-26(32)33-15-21-19-11-7-5-9-17(19)18-10-6-8-12-20(18)21/h5-12,16,21-23H,4,13-15H2,1-3H3,(H,27,32)(H,28,29)(H,30,31)/t16-,22?,23-/m0/s1. The number of carbonyl (C=O) groups is 3. The number of aliphatic carboxylic acids is 1. The predicted molar refractivity (Wildman–Crippen MR) is 134 cm³/mol. The van der Waals surface area contributed by atoms with E-state index < -0.39 is 30.1 Å². The third kappa shape index (κ3) is 5.91. The predicted octanol–water partition coefficient (Wildman–Crippen LogP) is 4.26. The molecule has 2 aromatic carbocycles. The van der Waals surface area contributed by atoms with Crippen LogP contribution in [0.4, 0.5) is 4.79 Å². The van der Waals surface area contributed by atoms with E-state index in [0.29, 0.717) is 18.6 Å². The molecule has 0 aliphatic heterocycles. The van der Waals surface area contributed by atoms with Crippen LogP contribution in [0.5, 0.6) is 0 Å². The second-order valence-corrected chi connectivity index (χ2v) is 9.50. The maximum absolute atomic E-state index is 12.9. The van der Waals surface area contributed by atoms with Gasteiger partial charge in [0.05, 0.1) is 0 Å². The first-order valence-electron chi connectivity index (χ1n) is 11.5. The zero-order chi connectivity index (χ0) is 24.7. The fraction of sp³-hybridized carbons (Fsp3) is 0.423. The molecule has 7 nitrogen and oxygen atoms in total. The number of ether oxygens (including phenoxy) is 1. The van der Waals surface area contributed by atoms with E-state index in [4.69, 9.17) is 4.74 Å². The topological polar surface area (TPSA) is 105 Å². The molecule has 0 spiro atoms. The van der Waals surface area contributed by atoms with E-state index in [-0.39, 0.29) is 18.4 Å². The highest BCUT2D eigenvalue weighted by Gasteiger charge is 2.31. The van der Waals surface area contributed by atoms with Crippen molar-refractivity contribution < 1.29 is 24.2 Å². The third-order valence-electron chi connectivity index (χ3n) is 6.34. The first-order chi connectivity index (χ1) is 16.4. The number of amides is 2. The van der Waals surface area contributed by atoms with Crippen molar-refractivity contribution in [3.63, 3.8) is 0 Å². The molecule has 2 amide bonds. The van der Waals surface area contributed by atoms with Crippen molar-refractivity contribution in [3.8, 4) is 11.1 Å². The molecule has 2 aromatic rings. The molecular weight excluding hydrogens is 452 g/mol. The third-order valence-corrected chi connectivity index (χ3v) is 6.98. The van der Waals surface area contributed by atoms with Gasteiger partial charge in [0.2, 0.25) is 5.91 Å². The van der Waals surface area contributed by atoms with Crippen molar-refractivity contribution in [1.29, 1.82) is 0 Å². The Bertz CT molecular complexity index is 982. The number of benzene rings is 2. The SMILES string of the molecule is CC[C@H](C)[C@H](NC(=O)C(CCSC)NC(=O)OCC1c2ccccc2-c2ccccc21)C(=O)O. The van der Waals surface area contributed by atoms with Gasteiger partial charge in [0.1, 0.15) is 18.7 Å². The summed E-state index contributed by atoms with van der Waals surface area (Å²) < 4.78 is 5.57. The lowest BCUT2D eigenvalue weighted by molar-refractivity contribution is -0.143. The molecule has 0 saturated heterocycles. The number of nitrogens with one attached hydrogen (secondary N) is 2. The molecule has 1 aliphatic rings. The van der Waals surface area contributed by atoms with Crippen LogP contribution in [0.3, 0.4) is 0 Å². The molecule has 0 fully saturated rings. The Kier molecular flexibility index (Phi) is 8.98. The number of thioether (sulfide) groups is 1. The van der Waals surface area contributed by atoms with Gasteiger partial charge in [0.15, 0.2) is 0 Å².